The molecule has 0 radical (unpaired) electrons. The van der Waals surface area contributed by atoms with Crippen LogP contribution >= 0.6 is 0 Å². The number of hydrogen-bond acceptors (Lipinski definition) is 5. The molecule has 1 atom stereocenters. The summed E-state index contributed by atoms with van der Waals surface area (Å²) in [4.78, 5) is 15.1. The first-order chi connectivity index (χ1) is 15.0. The first-order valence-electron chi connectivity index (χ1n) is 10.7. The standard InChI is InChI=1S/C24H29N5O2/c1-17-7-9-19(10-8-17)16-28-12-11-22-26-27-23(29(22)14-13-28)18(2)25-24(30)20-5-4-6-21(15-20)31-3/h4-10,15,18H,11-14,16H2,1-3H3,(H,25,30)/t18-/m1/s1. The summed E-state index contributed by atoms with van der Waals surface area (Å²) in [5, 5.41) is 11.9. The predicted molar refractivity (Wildman–Crippen MR) is 119 cm³/mol. The number of rotatable bonds is 6. The summed E-state index contributed by atoms with van der Waals surface area (Å²) < 4.78 is 7.38. The molecule has 7 nitrogen and oxygen atoms in total. The Morgan fingerprint density at radius 1 is 1.13 bits per heavy atom. The number of methoxy groups -OCH3 is 1. The van der Waals surface area contributed by atoms with Crippen LogP contribution < -0.4 is 10.1 Å². The van der Waals surface area contributed by atoms with Crippen molar-refractivity contribution < 1.29 is 9.53 Å². The van der Waals surface area contributed by atoms with E-state index in [1.165, 1.54) is 11.1 Å². The number of ether oxygens (including phenoxy) is 1. The number of carbonyl (C=O) groups excluding carboxylic acids is 1. The Kier molecular flexibility index (Phi) is 6.32. The number of nitrogens with one attached hydrogen (secondary N) is 1. The van der Waals surface area contributed by atoms with Crippen LogP contribution in [-0.4, -0.2) is 45.8 Å². The molecule has 4 rings (SSSR count). The molecular weight excluding hydrogens is 390 g/mol. The van der Waals surface area contributed by atoms with Gasteiger partial charge < -0.3 is 14.6 Å². The fraction of sp³-hybridized carbons (Fsp3) is 0.375. The Hall–Kier alpha value is -3.19. The zero-order valence-corrected chi connectivity index (χ0v) is 18.3. The second-order valence-corrected chi connectivity index (χ2v) is 8.06. The first kappa shape index (κ1) is 21.1. The molecule has 1 N–H and O–H groups in total. The summed E-state index contributed by atoms with van der Waals surface area (Å²) in [6.45, 7) is 7.65. The summed E-state index contributed by atoms with van der Waals surface area (Å²) in [6, 6.07) is 15.6. The lowest BCUT2D eigenvalue weighted by Gasteiger charge is -2.20. The lowest BCUT2D eigenvalue weighted by atomic mass is 10.1. The van der Waals surface area contributed by atoms with Gasteiger partial charge in [0, 0.05) is 38.2 Å². The molecule has 0 saturated heterocycles. The van der Waals surface area contributed by atoms with E-state index >= 15 is 0 Å². The van der Waals surface area contributed by atoms with Crippen molar-refractivity contribution >= 4 is 5.91 Å². The number of amides is 1. The van der Waals surface area contributed by atoms with Crippen molar-refractivity contribution in [1.29, 1.82) is 0 Å². The molecule has 1 aliphatic rings. The third kappa shape index (κ3) is 4.94. The molecule has 1 aliphatic heterocycles. The van der Waals surface area contributed by atoms with Crippen LogP contribution in [0.4, 0.5) is 0 Å². The van der Waals surface area contributed by atoms with E-state index in [1.54, 1.807) is 19.2 Å². The van der Waals surface area contributed by atoms with E-state index in [4.69, 9.17) is 4.74 Å². The number of carbonyl (C=O) groups is 1. The minimum Gasteiger partial charge on any atom is -0.497 e. The highest BCUT2D eigenvalue weighted by Crippen LogP contribution is 2.18. The highest BCUT2D eigenvalue weighted by molar-refractivity contribution is 5.94. The van der Waals surface area contributed by atoms with Crippen LogP contribution in [0.1, 0.15) is 46.1 Å². The van der Waals surface area contributed by atoms with Crippen molar-refractivity contribution in [2.45, 2.75) is 39.4 Å². The highest BCUT2D eigenvalue weighted by Gasteiger charge is 2.23. The molecule has 0 unspecified atom stereocenters. The van der Waals surface area contributed by atoms with Gasteiger partial charge in [-0.05, 0) is 37.6 Å². The summed E-state index contributed by atoms with van der Waals surface area (Å²) in [7, 11) is 1.59. The van der Waals surface area contributed by atoms with Gasteiger partial charge in [-0.2, -0.15) is 0 Å². The Labute approximate surface area is 183 Å². The first-order valence-corrected chi connectivity index (χ1v) is 10.7. The summed E-state index contributed by atoms with van der Waals surface area (Å²) in [5.74, 6) is 2.27. The average molecular weight is 420 g/mol. The minimum atomic E-state index is -0.247. The Morgan fingerprint density at radius 3 is 2.71 bits per heavy atom. The topological polar surface area (TPSA) is 72.3 Å². The molecule has 0 saturated carbocycles. The van der Waals surface area contributed by atoms with E-state index in [9.17, 15) is 4.79 Å². The number of aromatic nitrogens is 3. The van der Waals surface area contributed by atoms with Crippen LogP contribution in [0.5, 0.6) is 5.75 Å². The van der Waals surface area contributed by atoms with E-state index in [1.807, 2.05) is 19.1 Å². The molecule has 162 valence electrons. The maximum atomic E-state index is 12.7. The van der Waals surface area contributed by atoms with Crippen molar-refractivity contribution in [3.8, 4) is 5.75 Å². The minimum absolute atomic E-state index is 0.154. The van der Waals surface area contributed by atoms with E-state index in [2.05, 4.69) is 56.2 Å². The lowest BCUT2D eigenvalue weighted by Crippen LogP contribution is -2.30. The lowest BCUT2D eigenvalue weighted by molar-refractivity contribution is 0.0937. The van der Waals surface area contributed by atoms with Gasteiger partial charge in [0.2, 0.25) is 0 Å². The van der Waals surface area contributed by atoms with Crippen LogP contribution in [0.2, 0.25) is 0 Å². The summed E-state index contributed by atoms with van der Waals surface area (Å²) in [6.07, 6.45) is 0.843. The van der Waals surface area contributed by atoms with E-state index in [-0.39, 0.29) is 11.9 Å². The van der Waals surface area contributed by atoms with Crippen molar-refractivity contribution in [1.82, 2.24) is 25.0 Å². The number of fused-ring (bicyclic) bond motifs is 1. The molecule has 0 bridgehead atoms. The van der Waals surface area contributed by atoms with Crippen LogP contribution in [0.15, 0.2) is 48.5 Å². The van der Waals surface area contributed by atoms with Crippen LogP contribution in [0, 0.1) is 6.92 Å². The summed E-state index contributed by atoms with van der Waals surface area (Å²) in [5.41, 5.74) is 3.16. The van der Waals surface area contributed by atoms with Crippen molar-refractivity contribution in [3.05, 3.63) is 76.9 Å². The number of benzene rings is 2. The molecule has 0 fully saturated rings. The van der Waals surface area contributed by atoms with Gasteiger partial charge in [-0.25, -0.2) is 0 Å². The van der Waals surface area contributed by atoms with Gasteiger partial charge in [0.25, 0.3) is 5.91 Å². The molecule has 0 aliphatic carbocycles. The van der Waals surface area contributed by atoms with Crippen LogP contribution in [0.25, 0.3) is 0 Å². The van der Waals surface area contributed by atoms with E-state index in [0.717, 1.165) is 44.2 Å². The van der Waals surface area contributed by atoms with Gasteiger partial charge in [0.15, 0.2) is 5.82 Å². The summed E-state index contributed by atoms with van der Waals surface area (Å²) >= 11 is 0. The maximum absolute atomic E-state index is 12.7. The zero-order chi connectivity index (χ0) is 21.8. The normalized spacial score (nSPS) is 15.1. The molecule has 2 aromatic carbocycles. The van der Waals surface area contributed by atoms with Crippen molar-refractivity contribution in [2.75, 3.05) is 20.2 Å². The zero-order valence-electron chi connectivity index (χ0n) is 18.3. The Balaban J connectivity index is 1.41. The van der Waals surface area contributed by atoms with Crippen molar-refractivity contribution in [3.63, 3.8) is 0 Å². The second-order valence-electron chi connectivity index (χ2n) is 8.06. The van der Waals surface area contributed by atoms with Gasteiger partial charge >= 0.3 is 0 Å². The second kappa shape index (κ2) is 9.31. The molecule has 1 amide bonds. The monoisotopic (exact) mass is 419 g/mol. The largest absolute Gasteiger partial charge is 0.497 e. The Morgan fingerprint density at radius 2 is 1.94 bits per heavy atom. The van der Waals surface area contributed by atoms with Gasteiger partial charge in [-0.15, -0.1) is 10.2 Å². The number of aryl methyl sites for hydroxylation is 1. The number of hydrogen-bond donors (Lipinski definition) is 1. The van der Waals surface area contributed by atoms with E-state index in [0.29, 0.717) is 11.3 Å². The number of nitrogens with zero attached hydrogens (tertiary/aromatic N) is 4. The average Bonchev–Trinajstić information content (AvgIpc) is 3.09. The van der Waals surface area contributed by atoms with Gasteiger partial charge in [0.1, 0.15) is 11.6 Å². The molecule has 3 aromatic rings. The van der Waals surface area contributed by atoms with Crippen molar-refractivity contribution in [2.24, 2.45) is 0 Å². The smallest absolute Gasteiger partial charge is 0.251 e. The molecule has 7 heteroatoms. The highest BCUT2D eigenvalue weighted by atomic mass is 16.5. The molecule has 2 heterocycles. The quantitative estimate of drug-likeness (QED) is 0.665. The van der Waals surface area contributed by atoms with Gasteiger partial charge in [-0.1, -0.05) is 35.9 Å². The van der Waals surface area contributed by atoms with Gasteiger partial charge in [-0.3, -0.25) is 9.69 Å². The molecular formula is C24H29N5O2. The van der Waals surface area contributed by atoms with Crippen LogP contribution in [0.3, 0.4) is 0 Å². The van der Waals surface area contributed by atoms with Crippen LogP contribution in [-0.2, 0) is 19.5 Å². The third-order valence-corrected chi connectivity index (χ3v) is 5.74. The van der Waals surface area contributed by atoms with Gasteiger partial charge in [0.05, 0.1) is 13.2 Å². The fourth-order valence-electron chi connectivity index (χ4n) is 3.93. The molecule has 1 aromatic heterocycles. The SMILES string of the molecule is COc1cccc(C(=O)N[C@H](C)c2nnc3n2CCN(Cc2ccc(C)cc2)CC3)c1. The maximum Gasteiger partial charge on any atom is 0.251 e. The Bertz CT molecular complexity index is 1040. The molecule has 31 heavy (non-hydrogen) atoms. The fourth-order valence-corrected chi connectivity index (χ4v) is 3.93. The van der Waals surface area contributed by atoms with E-state index < -0.39 is 0 Å². The molecule has 0 spiro atoms. The predicted octanol–water partition coefficient (Wildman–Crippen LogP) is 3.14. The third-order valence-electron chi connectivity index (χ3n) is 5.74.